The lowest BCUT2D eigenvalue weighted by atomic mass is 10.2. The summed E-state index contributed by atoms with van der Waals surface area (Å²) in [6.45, 7) is 0. The van der Waals surface area contributed by atoms with Crippen molar-refractivity contribution >= 4 is 22.7 Å². The lowest BCUT2D eigenvalue weighted by Crippen LogP contribution is -1.96. The number of nitrogens with zero attached hydrogens (tertiary/aromatic N) is 5. The molecule has 0 radical (unpaired) electrons. The highest BCUT2D eigenvalue weighted by Crippen LogP contribution is 2.29. The van der Waals surface area contributed by atoms with Gasteiger partial charge in [-0.3, -0.25) is 10.4 Å². The topological polar surface area (TPSA) is 97.8 Å². The fourth-order valence-corrected chi connectivity index (χ4v) is 2.80. The van der Waals surface area contributed by atoms with Gasteiger partial charge < -0.3 is 0 Å². The highest BCUT2D eigenvalue weighted by atomic mass is 32.1. The largest absolute Gasteiger partial charge is 0.276 e. The Morgan fingerprint density at radius 3 is 2.62 bits per heavy atom. The third kappa shape index (κ3) is 3.43. The molecule has 0 fully saturated rings. The van der Waals surface area contributed by atoms with Gasteiger partial charge in [0, 0.05) is 28.9 Å². The first-order valence-electron chi connectivity index (χ1n) is 6.90. The molecule has 0 saturated heterocycles. The summed E-state index contributed by atoms with van der Waals surface area (Å²) in [5.74, 6) is 0. The highest BCUT2D eigenvalue weighted by Gasteiger charge is 2.07. The van der Waals surface area contributed by atoms with E-state index >= 15 is 0 Å². The molecule has 0 saturated carbocycles. The number of pyridine rings is 1. The van der Waals surface area contributed by atoms with Crippen LogP contribution in [0.3, 0.4) is 0 Å². The van der Waals surface area contributed by atoms with Crippen LogP contribution in [0, 0.1) is 22.7 Å². The van der Waals surface area contributed by atoms with Crippen molar-refractivity contribution in [2.75, 3.05) is 5.43 Å². The van der Waals surface area contributed by atoms with Crippen molar-refractivity contribution in [3.05, 3.63) is 54.2 Å². The molecule has 0 aliphatic carbocycles. The molecule has 0 spiro atoms. The van der Waals surface area contributed by atoms with Crippen molar-refractivity contribution in [2.45, 2.75) is 0 Å². The Labute approximate surface area is 142 Å². The molecule has 0 unspecified atom stereocenters. The van der Waals surface area contributed by atoms with Crippen LogP contribution in [-0.2, 0) is 0 Å². The number of rotatable bonds is 4. The van der Waals surface area contributed by atoms with E-state index in [1.165, 1.54) is 11.3 Å². The second-order valence-electron chi connectivity index (χ2n) is 4.65. The summed E-state index contributed by atoms with van der Waals surface area (Å²) in [7, 11) is 0. The van der Waals surface area contributed by atoms with Gasteiger partial charge in [-0.15, -0.1) is 11.3 Å². The van der Waals surface area contributed by atoms with Gasteiger partial charge in [0.1, 0.15) is 17.1 Å². The van der Waals surface area contributed by atoms with E-state index in [1.807, 2.05) is 35.7 Å². The van der Waals surface area contributed by atoms with Gasteiger partial charge in [0.05, 0.1) is 11.4 Å². The van der Waals surface area contributed by atoms with Crippen LogP contribution in [0.15, 0.2) is 59.3 Å². The maximum atomic E-state index is 8.69. The van der Waals surface area contributed by atoms with E-state index in [0.717, 1.165) is 21.8 Å². The van der Waals surface area contributed by atoms with Crippen LogP contribution in [0.2, 0.25) is 0 Å². The number of nitrogens with one attached hydrogen (secondary N) is 1. The zero-order chi connectivity index (χ0) is 16.8. The lowest BCUT2D eigenvalue weighted by molar-refractivity contribution is 1.31. The van der Waals surface area contributed by atoms with Crippen LogP contribution in [0.5, 0.6) is 0 Å². The van der Waals surface area contributed by atoms with Crippen molar-refractivity contribution in [3.8, 4) is 34.0 Å². The van der Waals surface area contributed by atoms with Crippen LogP contribution in [-0.4, -0.2) is 15.7 Å². The summed E-state index contributed by atoms with van der Waals surface area (Å²) in [5, 5.41) is 24.0. The van der Waals surface area contributed by atoms with E-state index in [4.69, 9.17) is 10.5 Å². The fraction of sp³-hybridized carbons (Fsp3) is 0. The van der Waals surface area contributed by atoms with Crippen molar-refractivity contribution in [2.24, 2.45) is 5.10 Å². The molecule has 0 atom stereocenters. The molecule has 0 aliphatic heterocycles. The van der Waals surface area contributed by atoms with Crippen molar-refractivity contribution in [1.82, 2.24) is 9.97 Å². The van der Waals surface area contributed by atoms with Crippen LogP contribution in [0.4, 0.5) is 5.69 Å². The number of hydrogen-bond acceptors (Lipinski definition) is 7. The molecular weight excluding hydrogens is 320 g/mol. The van der Waals surface area contributed by atoms with Crippen LogP contribution in [0.1, 0.15) is 0 Å². The van der Waals surface area contributed by atoms with Crippen LogP contribution < -0.4 is 5.43 Å². The third-order valence-electron chi connectivity index (χ3n) is 3.10. The minimum atomic E-state index is -0.227. The lowest BCUT2D eigenvalue weighted by Gasteiger charge is -2.02. The van der Waals surface area contributed by atoms with Gasteiger partial charge in [-0.1, -0.05) is 12.1 Å². The van der Waals surface area contributed by atoms with Gasteiger partial charge in [0.15, 0.2) is 0 Å². The first-order valence-corrected chi connectivity index (χ1v) is 7.78. The predicted octanol–water partition coefficient (Wildman–Crippen LogP) is 3.69. The first-order chi connectivity index (χ1) is 11.8. The molecule has 6 nitrogen and oxygen atoms in total. The van der Waals surface area contributed by atoms with E-state index in [2.05, 4.69) is 20.5 Å². The number of aromatic nitrogens is 2. The molecule has 1 N–H and O–H groups in total. The first kappa shape index (κ1) is 15.3. The fourth-order valence-electron chi connectivity index (χ4n) is 1.98. The Kier molecular flexibility index (Phi) is 4.57. The van der Waals surface area contributed by atoms with Crippen molar-refractivity contribution in [3.63, 3.8) is 0 Å². The normalized spacial score (nSPS) is 9.58. The van der Waals surface area contributed by atoms with Crippen molar-refractivity contribution < 1.29 is 0 Å². The Bertz CT molecular complexity index is 946. The van der Waals surface area contributed by atoms with Gasteiger partial charge in [-0.25, -0.2) is 4.98 Å². The number of hydrogen-bond donors (Lipinski definition) is 1. The van der Waals surface area contributed by atoms with Gasteiger partial charge in [-0.05, 0) is 24.3 Å². The molecule has 2 aromatic heterocycles. The second kappa shape index (κ2) is 7.14. The number of anilines is 1. The summed E-state index contributed by atoms with van der Waals surface area (Å²) < 4.78 is 0. The summed E-state index contributed by atoms with van der Waals surface area (Å²) in [4.78, 5) is 8.65. The molecule has 114 valence electrons. The standard InChI is InChI=1S/C17H10N6S/c18-9-15(10-19)23-22-14-3-1-2-13(8-14)17-21-16(11-24-17)12-4-6-20-7-5-12/h1-8,11,22H. The molecule has 3 aromatic rings. The number of benzene rings is 1. The van der Waals surface area contributed by atoms with Crippen LogP contribution in [0.25, 0.3) is 21.8 Å². The SMILES string of the molecule is N#CC(C#N)=NNc1cccc(-c2nc(-c3ccncc3)cs2)c1. The van der Waals surface area contributed by atoms with E-state index in [-0.39, 0.29) is 5.71 Å². The summed E-state index contributed by atoms with van der Waals surface area (Å²) in [5.41, 5.74) is 5.99. The second-order valence-corrected chi connectivity index (χ2v) is 5.51. The third-order valence-corrected chi connectivity index (χ3v) is 3.99. The van der Waals surface area contributed by atoms with Gasteiger partial charge in [0.25, 0.3) is 0 Å². The minimum absolute atomic E-state index is 0.227. The van der Waals surface area contributed by atoms with Crippen molar-refractivity contribution in [1.29, 1.82) is 10.5 Å². The zero-order valence-electron chi connectivity index (χ0n) is 12.3. The number of hydrazone groups is 1. The van der Waals surface area contributed by atoms with E-state index in [1.54, 1.807) is 30.6 Å². The minimum Gasteiger partial charge on any atom is -0.276 e. The molecule has 1 aromatic carbocycles. The Balaban J connectivity index is 1.85. The smallest absolute Gasteiger partial charge is 0.237 e. The van der Waals surface area contributed by atoms with Gasteiger partial charge >= 0.3 is 0 Å². The van der Waals surface area contributed by atoms with E-state index < -0.39 is 0 Å². The molecular formula is C17H10N6S. The average molecular weight is 330 g/mol. The quantitative estimate of drug-likeness (QED) is 0.581. The molecule has 3 rings (SSSR count). The zero-order valence-corrected chi connectivity index (χ0v) is 13.2. The Hall–Kier alpha value is -3.55. The van der Waals surface area contributed by atoms with Gasteiger partial charge in [0.2, 0.25) is 5.71 Å². The monoisotopic (exact) mass is 330 g/mol. The van der Waals surface area contributed by atoms with Crippen LogP contribution >= 0.6 is 11.3 Å². The average Bonchev–Trinajstić information content (AvgIpc) is 3.14. The Morgan fingerprint density at radius 1 is 1.08 bits per heavy atom. The summed E-state index contributed by atoms with van der Waals surface area (Å²) >= 11 is 1.54. The molecule has 0 amide bonds. The number of thiazole rings is 1. The maximum absolute atomic E-state index is 8.69. The summed E-state index contributed by atoms with van der Waals surface area (Å²) in [6.07, 6.45) is 3.47. The Morgan fingerprint density at radius 2 is 1.88 bits per heavy atom. The summed E-state index contributed by atoms with van der Waals surface area (Å²) in [6, 6.07) is 14.7. The molecule has 7 heteroatoms. The van der Waals surface area contributed by atoms with E-state index in [0.29, 0.717) is 5.69 Å². The molecule has 24 heavy (non-hydrogen) atoms. The predicted molar refractivity (Wildman–Crippen MR) is 93.1 cm³/mol. The molecule has 0 aliphatic rings. The number of nitriles is 2. The molecule has 0 bridgehead atoms. The maximum Gasteiger partial charge on any atom is 0.237 e. The highest BCUT2D eigenvalue weighted by molar-refractivity contribution is 7.13. The molecule has 2 heterocycles. The van der Waals surface area contributed by atoms with Gasteiger partial charge in [-0.2, -0.15) is 15.6 Å². The van der Waals surface area contributed by atoms with E-state index in [9.17, 15) is 0 Å².